The van der Waals surface area contributed by atoms with Crippen LogP contribution in [-0.4, -0.2) is 0 Å². The minimum atomic E-state index is -0.277. The summed E-state index contributed by atoms with van der Waals surface area (Å²) in [6.07, 6.45) is 2.25. The number of rotatable bonds is 3. The van der Waals surface area contributed by atoms with Gasteiger partial charge in [0.15, 0.2) is 0 Å². The van der Waals surface area contributed by atoms with Gasteiger partial charge in [0.1, 0.15) is 0 Å². The van der Waals surface area contributed by atoms with Crippen LogP contribution in [0.25, 0.3) is 33.4 Å². The van der Waals surface area contributed by atoms with Gasteiger partial charge in [-0.15, -0.1) is 0 Å². The Hall–Kier alpha value is -3.90. The fourth-order valence-corrected chi connectivity index (χ4v) is 6.81. The van der Waals surface area contributed by atoms with Crippen LogP contribution < -0.4 is 0 Å². The summed E-state index contributed by atoms with van der Waals surface area (Å²) < 4.78 is 0. The van der Waals surface area contributed by atoms with Gasteiger partial charge >= 0.3 is 0 Å². The molecule has 0 saturated heterocycles. The van der Waals surface area contributed by atoms with Crippen LogP contribution >= 0.6 is 0 Å². The zero-order chi connectivity index (χ0) is 23.6. The Morgan fingerprint density at radius 2 is 0.971 bits per heavy atom. The van der Waals surface area contributed by atoms with Crippen molar-refractivity contribution in [2.24, 2.45) is 0 Å². The number of benzene rings is 5. The van der Waals surface area contributed by atoms with E-state index in [1.165, 1.54) is 66.8 Å². The Morgan fingerprint density at radius 3 is 1.54 bits per heavy atom. The molecule has 168 valence electrons. The highest BCUT2D eigenvalue weighted by atomic mass is 14.5. The maximum absolute atomic E-state index is 2.53. The largest absolute Gasteiger partial charge is 0.0725 e. The van der Waals surface area contributed by atoms with Crippen LogP contribution in [0.2, 0.25) is 0 Å². The first-order chi connectivity index (χ1) is 17.2. The minimum absolute atomic E-state index is 0.277. The van der Waals surface area contributed by atoms with Crippen LogP contribution in [0.5, 0.6) is 0 Å². The molecule has 0 aliphatic heterocycles. The normalized spacial score (nSPS) is 13.9. The van der Waals surface area contributed by atoms with Crippen molar-refractivity contribution in [3.05, 3.63) is 143 Å². The summed E-state index contributed by atoms with van der Waals surface area (Å²) in [5, 5.41) is 0. The van der Waals surface area contributed by atoms with E-state index in [9.17, 15) is 0 Å². The zero-order valence-electron chi connectivity index (χ0n) is 20.3. The zero-order valence-corrected chi connectivity index (χ0v) is 20.3. The van der Waals surface area contributed by atoms with Crippen molar-refractivity contribution < 1.29 is 0 Å². The topological polar surface area (TPSA) is 0 Å². The number of fused-ring (bicyclic) bond motifs is 10. The van der Waals surface area contributed by atoms with E-state index in [4.69, 9.17) is 0 Å². The Kier molecular flexibility index (Phi) is 4.42. The monoisotopic (exact) mass is 448 g/mol. The van der Waals surface area contributed by atoms with Gasteiger partial charge in [0.2, 0.25) is 0 Å². The van der Waals surface area contributed by atoms with Crippen molar-refractivity contribution >= 4 is 0 Å². The molecule has 2 aliphatic rings. The predicted octanol–water partition coefficient (Wildman–Crippen LogP) is 8.96. The molecule has 0 unspecified atom stereocenters. The second kappa shape index (κ2) is 7.55. The summed E-state index contributed by atoms with van der Waals surface area (Å²) in [4.78, 5) is 0. The molecule has 0 bridgehead atoms. The minimum Gasteiger partial charge on any atom is -0.0651 e. The van der Waals surface area contributed by atoms with Crippen molar-refractivity contribution in [1.82, 2.24) is 0 Å². The molecule has 0 atom stereocenters. The smallest absolute Gasteiger partial charge is 0.0651 e. The average molecular weight is 449 g/mol. The molecule has 2 aliphatic carbocycles. The van der Waals surface area contributed by atoms with Gasteiger partial charge in [-0.3, -0.25) is 0 Å². The third kappa shape index (κ3) is 2.63. The van der Waals surface area contributed by atoms with Crippen molar-refractivity contribution in [2.75, 3.05) is 0 Å². The third-order valence-electron chi connectivity index (χ3n) is 8.17. The molecule has 0 heterocycles. The Labute approximate surface area is 207 Å². The Balaban J connectivity index is 1.61. The lowest BCUT2D eigenvalue weighted by atomic mass is 9.70. The SMILES string of the molecule is CCCc1ccccc1-c1cc2c(cc1C)-c1ccccc1C21c2ccccc2-c2ccccc21. The molecule has 0 N–H and O–H groups in total. The number of hydrogen-bond donors (Lipinski definition) is 0. The van der Waals surface area contributed by atoms with Crippen LogP contribution in [0, 0.1) is 6.92 Å². The molecular formula is C35H28. The van der Waals surface area contributed by atoms with Crippen molar-refractivity contribution in [2.45, 2.75) is 32.1 Å². The molecule has 5 aromatic rings. The average Bonchev–Trinajstić information content (AvgIpc) is 3.36. The molecule has 35 heavy (non-hydrogen) atoms. The second-order valence-electron chi connectivity index (χ2n) is 10.0. The predicted molar refractivity (Wildman–Crippen MR) is 147 cm³/mol. The summed E-state index contributed by atoms with van der Waals surface area (Å²) in [6.45, 7) is 4.55. The lowest BCUT2D eigenvalue weighted by Gasteiger charge is -2.31. The van der Waals surface area contributed by atoms with Gasteiger partial charge in [0.05, 0.1) is 5.41 Å². The van der Waals surface area contributed by atoms with Crippen molar-refractivity contribution in [1.29, 1.82) is 0 Å². The third-order valence-corrected chi connectivity index (χ3v) is 8.17. The lowest BCUT2D eigenvalue weighted by molar-refractivity contribution is 0.793. The molecule has 5 aromatic carbocycles. The molecule has 0 heteroatoms. The van der Waals surface area contributed by atoms with Gasteiger partial charge in [-0.2, -0.15) is 0 Å². The highest BCUT2D eigenvalue weighted by Gasteiger charge is 2.51. The maximum Gasteiger partial charge on any atom is 0.0725 e. The van der Waals surface area contributed by atoms with Crippen molar-refractivity contribution in [3.8, 4) is 33.4 Å². The van der Waals surface area contributed by atoms with Gasteiger partial charge in [0, 0.05) is 0 Å². The van der Waals surface area contributed by atoms with Crippen molar-refractivity contribution in [3.63, 3.8) is 0 Å². The van der Waals surface area contributed by atoms with Crippen LogP contribution in [-0.2, 0) is 11.8 Å². The first kappa shape index (κ1) is 20.5. The fourth-order valence-electron chi connectivity index (χ4n) is 6.81. The van der Waals surface area contributed by atoms with E-state index in [0.29, 0.717) is 0 Å². The molecule has 1 spiro atoms. The quantitative estimate of drug-likeness (QED) is 0.253. The van der Waals surface area contributed by atoms with Crippen LogP contribution in [0.4, 0.5) is 0 Å². The number of aryl methyl sites for hydroxylation is 2. The first-order valence-electron chi connectivity index (χ1n) is 12.8. The lowest BCUT2D eigenvalue weighted by Crippen LogP contribution is -2.25. The van der Waals surface area contributed by atoms with Crippen LogP contribution in [0.15, 0.2) is 109 Å². The molecule has 0 radical (unpaired) electrons. The van der Waals surface area contributed by atoms with Gasteiger partial charge < -0.3 is 0 Å². The maximum atomic E-state index is 2.53. The van der Waals surface area contributed by atoms with Gasteiger partial charge in [0.25, 0.3) is 0 Å². The summed E-state index contributed by atoms with van der Waals surface area (Å²) in [5.41, 5.74) is 16.4. The summed E-state index contributed by atoms with van der Waals surface area (Å²) in [5.74, 6) is 0. The molecule has 0 aromatic heterocycles. The second-order valence-corrected chi connectivity index (χ2v) is 10.0. The van der Waals surface area contributed by atoms with E-state index in [2.05, 4.69) is 123 Å². The van der Waals surface area contributed by atoms with E-state index >= 15 is 0 Å². The van der Waals surface area contributed by atoms with Gasteiger partial charge in [-0.05, 0) is 86.2 Å². The summed E-state index contributed by atoms with van der Waals surface area (Å²) in [6, 6.07) is 41.1. The highest BCUT2D eigenvalue weighted by Crippen LogP contribution is 2.63. The van der Waals surface area contributed by atoms with Gasteiger partial charge in [-0.25, -0.2) is 0 Å². The molecule has 0 fully saturated rings. The number of hydrogen-bond acceptors (Lipinski definition) is 0. The molecule has 7 rings (SSSR count). The molecule has 0 nitrogen and oxygen atoms in total. The van der Waals surface area contributed by atoms with E-state index in [1.54, 1.807) is 0 Å². The van der Waals surface area contributed by atoms with E-state index in [0.717, 1.165) is 12.8 Å². The fraction of sp³-hybridized carbons (Fsp3) is 0.143. The highest BCUT2D eigenvalue weighted by molar-refractivity contribution is 5.96. The Bertz CT molecular complexity index is 1570. The summed E-state index contributed by atoms with van der Waals surface area (Å²) >= 11 is 0. The van der Waals surface area contributed by atoms with Crippen LogP contribution in [0.1, 0.15) is 46.7 Å². The molecular weight excluding hydrogens is 420 g/mol. The van der Waals surface area contributed by atoms with Gasteiger partial charge in [-0.1, -0.05) is 116 Å². The van der Waals surface area contributed by atoms with E-state index < -0.39 is 0 Å². The molecule has 0 saturated carbocycles. The molecule has 0 amide bonds. The Morgan fingerprint density at radius 1 is 0.486 bits per heavy atom. The van der Waals surface area contributed by atoms with Crippen LogP contribution in [0.3, 0.4) is 0 Å². The van der Waals surface area contributed by atoms with E-state index in [1.807, 2.05) is 0 Å². The van der Waals surface area contributed by atoms with E-state index in [-0.39, 0.29) is 5.41 Å². The first-order valence-corrected chi connectivity index (χ1v) is 12.8. The summed E-state index contributed by atoms with van der Waals surface area (Å²) in [7, 11) is 0. The standard InChI is InChI=1S/C35H28/c1-3-12-24-13-4-5-14-25(24)29-22-34-30(21-23(29)2)28-17-8-11-20-33(28)35(34)31-18-9-6-15-26(31)27-16-7-10-19-32(27)35/h4-11,13-22H,3,12H2,1-2H3.